The Morgan fingerprint density at radius 3 is 2.32 bits per heavy atom. The number of aryl methyl sites for hydroxylation is 2. The molecule has 0 aliphatic heterocycles. The fourth-order valence-corrected chi connectivity index (χ4v) is 5.31. The maximum Gasteiger partial charge on any atom is 0.287 e. The smallest absolute Gasteiger partial charge is 0.287 e. The summed E-state index contributed by atoms with van der Waals surface area (Å²) in [5, 5.41) is 5.26. The van der Waals surface area contributed by atoms with Crippen LogP contribution in [0.2, 0.25) is 0 Å². The van der Waals surface area contributed by atoms with E-state index in [-0.39, 0.29) is 0 Å². The Morgan fingerprint density at radius 2 is 1.58 bits per heavy atom. The molecule has 6 rings (SSSR count). The van der Waals surface area contributed by atoms with Crippen LogP contribution in [0.5, 0.6) is 0 Å². The lowest BCUT2D eigenvalue weighted by Crippen LogP contribution is -2.30. The maximum atomic E-state index is 4.85. The third kappa shape index (κ3) is 2.35. The minimum atomic E-state index is 0.448. The first kappa shape index (κ1) is 18.6. The second-order valence-corrected chi connectivity index (χ2v) is 9.71. The maximum absolute atomic E-state index is 4.85. The topological polar surface area (TPSA) is 21.2 Å². The van der Waals surface area contributed by atoms with Gasteiger partial charge in [0.1, 0.15) is 5.52 Å². The molecule has 0 atom stereocenters. The van der Waals surface area contributed by atoms with Gasteiger partial charge in [0.2, 0.25) is 0 Å². The number of benzene rings is 3. The molecule has 0 bridgehead atoms. The minimum absolute atomic E-state index is 0.448. The quantitative estimate of drug-likeness (QED) is 0.177. The SMILES string of the molecule is Cc1ccc2c3cc(C(C)C)ccc3n3c4cc(C(C)C)cc5nc[n+](C)c(c1c23)c54. The fraction of sp³-hybridized carbons (Fsp3) is 0.286. The lowest BCUT2D eigenvalue weighted by Gasteiger charge is -2.15. The van der Waals surface area contributed by atoms with E-state index in [0.717, 1.165) is 5.52 Å². The summed E-state index contributed by atoms with van der Waals surface area (Å²) in [6.45, 7) is 11.3. The van der Waals surface area contributed by atoms with Gasteiger partial charge in [-0.25, -0.2) is 4.57 Å². The Hall–Kier alpha value is -3.20. The first-order valence-electron chi connectivity index (χ1n) is 11.3. The highest BCUT2D eigenvalue weighted by molar-refractivity contribution is 6.25. The van der Waals surface area contributed by atoms with Gasteiger partial charge in [-0.3, -0.25) is 0 Å². The van der Waals surface area contributed by atoms with Gasteiger partial charge in [0.05, 0.1) is 29.0 Å². The van der Waals surface area contributed by atoms with Crippen molar-refractivity contribution in [1.29, 1.82) is 0 Å². The summed E-state index contributed by atoms with van der Waals surface area (Å²) in [7, 11) is 2.12. The highest BCUT2D eigenvalue weighted by atomic mass is 15.0. The lowest BCUT2D eigenvalue weighted by atomic mass is 9.97. The third-order valence-corrected chi connectivity index (χ3v) is 7.05. The summed E-state index contributed by atoms with van der Waals surface area (Å²) >= 11 is 0. The average molecular weight is 407 g/mol. The number of hydrogen-bond donors (Lipinski definition) is 0. The molecule has 31 heavy (non-hydrogen) atoms. The van der Waals surface area contributed by atoms with Crippen LogP contribution in [0.1, 0.15) is 56.2 Å². The van der Waals surface area contributed by atoms with E-state index >= 15 is 0 Å². The number of nitrogens with zero attached hydrogens (tertiary/aromatic N) is 3. The van der Waals surface area contributed by atoms with E-state index in [2.05, 4.69) is 93.1 Å². The number of pyridine rings is 1. The first-order chi connectivity index (χ1) is 14.9. The first-order valence-corrected chi connectivity index (χ1v) is 11.3. The fourth-order valence-electron chi connectivity index (χ4n) is 5.31. The van der Waals surface area contributed by atoms with Crippen molar-refractivity contribution in [3.05, 3.63) is 65.5 Å². The zero-order valence-electron chi connectivity index (χ0n) is 19.1. The molecule has 3 nitrogen and oxygen atoms in total. The molecule has 0 saturated carbocycles. The van der Waals surface area contributed by atoms with E-state index in [4.69, 9.17) is 4.98 Å². The second-order valence-electron chi connectivity index (χ2n) is 9.71. The second kappa shape index (κ2) is 6.16. The molecule has 0 fully saturated rings. The van der Waals surface area contributed by atoms with E-state index in [1.54, 1.807) is 0 Å². The molecule has 154 valence electrons. The van der Waals surface area contributed by atoms with Gasteiger partial charge in [0.25, 0.3) is 6.33 Å². The van der Waals surface area contributed by atoms with Crippen molar-refractivity contribution >= 4 is 49.1 Å². The van der Waals surface area contributed by atoms with E-state index in [1.807, 2.05) is 6.33 Å². The summed E-state index contributed by atoms with van der Waals surface area (Å²) < 4.78 is 4.70. The Labute approximate surface area is 182 Å². The molecule has 3 aromatic heterocycles. The molecule has 6 aromatic rings. The van der Waals surface area contributed by atoms with E-state index in [1.165, 1.54) is 60.3 Å². The van der Waals surface area contributed by atoms with Crippen molar-refractivity contribution in [2.24, 2.45) is 7.05 Å². The Bertz CT molecular complexity index is 1650. The summed E-state index contributed by atoms with van der Waals surface area (Å²) in [6, 6.07) is 16.3. The van der Waals surface area contributed by atoms with Crippen molar-refractivity contribution in [1.82, 2.24) is 9.38 Å². The Balaban J connectivity index is 2.01. The summed E-state index contributed by atoms with van der Waals surface area (Å²) in [6.07, 6.45) is 1.97. The van der Waals surface area contributed by atoms with Crippen molar-refractivity contribution in [2.75, 3.05) is 0 Å². The molecule has 3 heterocycles. The van der Waals surface area contributed by atoms with Gasteiger partial charge in [-0.15, -0.1) is 0 Å². The Kier molecular flexibility index (Phi) is 3.69. The van der Waals surface area contributed by atoms with Gasteiger partial charge in [-0.05, 0) is 64.7 Å². The average Bonchev–Trinajstić information content (AvgIpc) is 3.08. The van der Waals surface area contributed by atoms with Gasteiger partial charge in [-0.2, -0.15) is 0 Å². The minimum Gasteiger partial charge on any atom is -0.308 e. The number of aromatic nitrogens is 3. The molecule has 3 heteroatoms. The van der Waals surface area contributed by atoms with Crippen LogP contribution in [-0.4, -0.2) is 9.38 Å². The van der Waals surface area contributed by atoms with Crippen LogP contribution in [0.25, 0.3) is 49.1 Å². The molecule has 3 aromatic carbocycles. The molecular formula is C28H28N3+. The summed E-state index contributed by atoms with van der Waals surface area (Å²) in [4.78, 5) is 4.85. The van der Waals surface area contributed by atoms with Crippen LogP contribution < -0.4 is 4.57 Å². The number of hydrogen-bond acceptors (Lipinski definition) is 1. The lowest BCUT2D eigenvalue weighted by molar-refractivity contribution is -0.646. The predicted octanol–water partition coefficient (Wildman–Crippen LogP) is 6.76. The molecular weight excluding hydrogens is 378 g/mol. The normalized spacial score (nSPS) is 12.8. The molecule has 0 unspecified atom stereocenters. The molecule has 0 spiro atoms. The van der Waals surface area contributed by atoms with Crippen molar-refractivity contribution in [2.45, 2.75) is 46.5 Å². The zero-order valence-corrected chi connectivity index (χ0v) is 19.1. The van der Waals surface area contributed by atoms with Crippen LogP contribution in [0.3, 0.4) is 0 Å². The molecule has 0 N–H and O–H groups in total. The molecule has 0 amide bonds. The molecule has 0 aliphatic carbocycles. The number of rotatable bonds is 2. The van der Waals surface area contributed by atoms with E-state index in [0.29, 0.717) is 11.8 Å². The molecule has 0 radical (unpaired) electrons. The van der Waals surface area contributed by atoms with Gasteiger partial charge in [0.15, 0.2) is 5.52 Å². The highest BCUT2D eigenvalue weighted by Gasteiger charge is 2.24. The predicted molar refractivity (Wildman–Crippen MR) is 130 cm³/mol. The van der Waals surface area contributed by atoms with Crippen LogP contribution >= 0.6 is 0 Å². The van der Waals surface area contributed by atoms with Crippen LogP contribution in [0, 0.1) is 6.92 Å². The highest BCUT2D eigenvalue weighted by Crippen LogP contribution is 2.41. The summed E-state index contributed by atoms with van der Waals surface area (Å²) in [5.74, 6) is 0.955. The number of fused-ring (bicyclic) bond motifs is 5. The molecule has 0 aliphatic rings. The monoisotopic (exact) mass is 406 g/mol. The zero-order chi connectivity index (χ0) is 21.6. The van der Waals surface area contributed by atoms with Gasteiger partial charge in [0, 0.05) is 16.2 Å². The van der Waals surface area contributed by atoms with Crippen molar-refractivity contribution < 1.29 is 4.57 Å². The van der Waals surface area contributed by atoms with Gasteiger partial charge < -0.3 is 4.40 Å². The van der Waals surface area contributed by atoms with Crippen LogP contribution in [0.15, 0.2) is 48.8 Å². The standard InChI is InChI=1S/C28H28N3/c1-15(2)18-8-10-23-21(11-18)20-9-7-17(5)25-27(20)31(23)24-13-19(16(3)4)12-22-26(24)28(25)30(6)14-29-22/h7-16H,1-6H3/q+1. The third-order valence-electron chi connectivity index (χ3n) is 7.05. The molecule has 0 saturated heterocycles. The van der Waals surface area contributed by atoms with Crippen LogP contribution in [0.4, 0.5) is 0 Å². The van der Waals surface area contributed by atoms with Crippen LogP contribution in [-0.2, 0) is 7.05 Å². The van der Waals surface area contributed by atoms with Gasteiger partial charge >= 0.3 is 0 Å². The van der Waals surface area contributed by atoms with Gasteiger partial charge in [-0.1, -0.05) is 45.9 Å². The van der Waals surface area contributed by atoms with E-state index in [9.17, 15) is 0 Å². The van der Waals surface area contributed by atoms with Crippen molar-refractivity contribution in [3.63, 3.8) is 0 Å². The summed E-state index contributed by atoms with van der Waals surface area (Å²) in [5.41, 5.74) is 10.3. The van der Waals surface area contributed by atoms with Crippen molar-refractivity contribution in [3.8, 4) is 0 Å². The Morgan fingerprint density at radius 1 is 0.806 bits per heavy atom. The van der Waals surface area contributed by atoms with E-state index < -0.39 is 0 Å². The largest absolute Gasteiger partial charge is 0.308 e.